The molecule has 3 rings (SSSR count). The molecule has 0 saturated heterocycles. The molecular formula is C28H17BrF14N2O3. The molecule has 0 unspecified atom stereocenters. The van der Waals surface area contributed by atoms with E-state index >= 15 is 4.39 Å². The average molecular weight is 775 g/mol. The lowest BCUT2D eigenvalue weighted by atomic mass is 9.92. The van der Waals surface area contributed by atoms with Crippen molar-refractivity contribution < 1.29 is 75.8 Å². The van der Waals surface area contributed by atoms with Crippen LogP contribution in [-0.2, 0) is 22.8 Å². The fraction of sp³-hybridized carbons (Fsp3) is 0.286. The minimum absolute atomic E-state index is 0.298. The van der Waals surface area contributed by atoms with Gasteiger partial charge in [0.15, 0.2) is 5.82 Å². The SMILES string of the molecule is COCCN(C(=O)c1ccc(C(F)(F)F)cc1)c1cccc(C(=O)Nc2c(Br)cc(C(F)(C(F)(F)F)C(F)(F)F)cc2C(F)(F)F)c1F. The van der Waals surface area contributed by atoms with E-state index in [1.807, 2.05) is 0 Å². The van der Waals surface area contributed by atoms with Crippen LogP contribution in [0.3, 0.4) is 0 Å². The van der Waals surface area contributed by atoms with Crippen molar-refractivity contribution in [3.8, 4) is 0 Å². The van der Waals surface area contributed by atoms with Crippen molar-refractivity contribution in [1.82, 2.24) is 0 Å². The summed E-state index contributed by atoms with van der Waals surface area (Å²) < 4.78 is 194. The van der Waals surface area contributed by atoms with E-state index in [1.165, 1.54) is 12.4 Å². The Bertz CT molecular complexity index is 1650. The maximum absolute atomic E-state index is 15.7. The van der Waals surface area contributed by atoms with Crippen LogP contribution in [0.2, 0.25) is 0 Å². The monoisotopic (exact) mass is 774 g/mol. The van der Waals surface area contributed by atoms with Gasteiger partial charge in [0.05, 0.1) is 34.7 Å². The van der Waals surface area contributed by atoms with Crippen molar-refractivity contribution >= 4 is 39.1 Å². The zero-order valence-electron chi connectivity index (χ0n) is 23.5. The summed E-state index contributed by atoms with van der Waals surface area (Å²) in [5.74, 6) is -4.47. The molecule has 3 aromatic rings. The molecule has 0 fully saturated rings. The number of nitrogens with one attached hydrogen (secondary N) is 1. The van der Waals surface area contributed by atoms with Gasteiger partial charge in [-0.15, -0.1) is 0 Å². The average Bonchev–Trinajstić information content (AvgIpc) is 2.96. The molecule has 1 N–H and O–H groups in total. The summed E-state index contributed by atoms with van der Waals surface area (Å²) in [6.45, 7) is -0.782. The molecule has 0 heterocycles. The highest BCUT2D eigenvalue weighted by Crippen LogP contribution is 2.55. The predicted molar refractivity (Wildman–Crippen MR) is 143 cm³/mol. The lowest BCUT2D eigenvalue weighted by Crippen LogP contribution is -2.50. The molecule has 0 saturated carbocycles. The fourth-order valence-electron chi connectivity index (χ4n) is 4.20. The highest BCUT2D eigenvalue weighted by molar-refractivity contribution is 9.10. The number of nitrogens with zero attached hydrogens (tertiary/aromatic N) is 1. The maximum atomic E-state index is 15.7. The van der Waals surface area contributed by atoms with E-state index in [0.717, 1.165) is 24.3 Å². The van der Waals surface area contributed by atoms with Crippen LogP contribution >= 0.6 is 15.9 Å². The smallest absolute Gasteiger partial charge is 0.383 e. The lowest BCUT2D eigenvalue weighted by Gasteiger charge is -2.31. The van der Waals surface area contributed by atoms with E-state index in [1.54, 1.807) is 0 Å². The van der Waals surface area contributed by atoms with Gasteiger partial charge < -0.3 is 15.0 Å². The van der Waals surface area contributed by atoms with Gasteiger partial charge in [-0.25, -0.2) is 8.78 Å². The summed E-state index contributed by atoms with van der Waals surface area (Å²) in [5.41, 5.74) is -16.1. The second kappa shape index (κ2) is 13.5. The number of benzene rings is 3. The quantitative estimate of drug-likeness (QED) is 0.232. The van der Waals surface area contributed by atoms with Gasteiger partial charge >= 0.3 is 30.4 Å². The first-order chi connectivity index (χ1) is 21.9. The summed E-state index contributed by atoms with van der Waals surface area (Å²) >= 11 is 2.32. The van der Waals surface area contributed by atoms with Gasteiger partial charge in [-0.05, 0) is 64.5 Å². The number of anilines is 2. The van der Waals surface area contributed by atoms with Crippen LogP contribution in [0.15, 0.2) is 59.1 Å². The van der Waals surface area contributed by atoms with Crippen LogP contribution < -0.4 is 10.2 Å². The summed E-state index contributed by atoms with van der Waals surface area (Å²) in [7, 11) is 1.17. The predicted octanol–water partition coefficient (Wildman–Crippen LogP) is 9.46. The molecular weight excluding hydrogens is 758 g/mol. The summed E-state index contributed by atoms with van der Waals surface area (Å²) in [4.78, 5) is 26.8. The van der Waals surface area contributed by atoms with Crippen molar-refractivity contribution in [1.29, 1.82) is 0 Å². The molecule has 0 aliphatic carbocycles. The second-order valence-electron chi connectivity index (χ2n) is 9.65. The molecule has 0 radical (unpaired) electrons. The number of ether oxygens (including phenoxy) is 1. The first-order valence-corrected chi connectivity index (χ1v) is 13.5. The summed E-state index contributed by atoms with van der Waals surface area (Å²) in [6, 6.07) is 4.05. The molecule has 262 valence electrons. The van der Waals surface area contributed by atoms with Gasteiger partial charge in [0.1, 0.15) is 0 Å². The Morgan fingerprint density at radius 3 is 1.83 bits per heavy atom. The molecule has 2 amide bonds. The fourth-order valence-corrected chi connectivity index (χ4v) is 4.76. The highest BCUT2D eigenvalue weighted by atomic mass is 79.9. The lowest BCUT2D eigenvalue weighted by molar-refractivity contribution is -0.348. The zero-order chi connectivity index (χ0) is 36.6. The number of hydrogen-bond donors (Lipinski definition) is 1. The van der Waals surface area contributed by atoms with Gasteiger partial charge in [-0.2, -0.15) is 52.7 Å². The van der Waals surface area contributed by atoms with Gasteiger partial charge in [0.2, 0.25) is 0 Å². The van der Waals surface area contributed by atoms with E-state index < -0.39 is 104 Å². The third-order valence-electron chi connectivity index (χ3n) is 6.55. The summed E-state index contributed by atoms with van der Waals surface area (Å²) in [5, 5.41) is 1.52. The maximum Gasteiger partial charge on any atom is 0.435 e. The van der Waals surface area contributed by atoms with E-state index in [2.05, 4.69) is 15.9 Å². The Kier molecular flexibility index (Phi) is 10.8. The zero-order valence-corrected chi connectivity index (χ0v) is 25.0. The number of carbonyl (C=O) groups excluding carboxylic acids is 2. The standard InChI is InChI=1S/C28H17BrF14N2O3/c1-48-10-9-45(23(47)13-5-7-14(8-6-13)25(32,33)34)19-4-2-3-16(20(19)30)22(46)44-21-17(26(35,36)37)11-15(12-18(21)29)24(31,27(38,39)40)28(41,42)43/h2-8,11-12H,9-10H2,1H3,(H,44,46). The number of hydrogen-bond acceptors (Lipinski definition) is 3. The first kappa shape index (κ1) is 38.5. The van der Waals surface area contributed by atoms with Crippen LogP contribution in [0.25, 0.3) is 0 Å². The van der Waals surface area contributed by atoms with E-state index in [-0.39, 0.29) is 12.7 Å². The molecule has 20 heteroatoms. The Hall–Kier alpha value is -3.94. The van der Waals surface area contributed by atoms with E-state index in [9.17, 15) is 66.7 Å². The Morgan fingerprint density at radius 1 is 0.792 bits per heavy atom. The number of halogens is 15. The van der Waals surface area contributed by atoms with Crippen molar-refractivity contribution in [2.24, 2.45) is 0 Å². The third kappa shape index (κ3) is 7.68. The van der Waals surface area contributed by atoms with E-state index in [0.29, 0.717) is 23.1 Å². The van der Waals surface area contributed by atoms with Gasteiger partial charge in [-0.3, -0.25) is 9.59 Å². The van der Waals surface area contributed by atoms with Gasteiger partial charge in [0, 0.05) is 29.3 Å². The van der Waals surface area contributed by atoms with Crippen LogP contribution in [0.5, 0.6) is 0 Å². The van der Waals surface area contributed by atoms with Crippen molar-refractivity contribution in [3.63, 3.8) is 0 Å². The molecule has 0 aromatic heterocycles. The normalized spacial score (nSPS) is 13.0. The van der Waals surface area contributed by atoms with Crippen LogP contribution in [0, 0.1) is 5.82 Å². The van der Waals surface area contributed by atoms with Crippen LogP contribution in [-0.4, -0.2) is 44.4 Å². The molecule has 0 atom stereocenters. The third-order valence-corrected chi connectivity index (χ3v) is 7.18. The molecule has 3 aromatic carbocycles. The topological polar surface area (TPSA) is 58.6 Å². The largest absolute Gasteiger partial charge is 0.435 e. The second-order valence-corrected chi connectivity index (χ2v) is 10.5. The van der Waals surface area contributed by atoms with Crippen LogP contribution in [0.4, 0.5) is 72.8 Å². The number of methoxy groups -OCH3 is 1. The molecule has 0 aliphatic heterocycles. The summed E-state index contributed by atoms with van der Waals surface area (Å²) in [6.07, 6.45) is -24.1. The Labute approximate surface area is 268 Å². The van der Waals surface area contributed by atoms with Crippen molar-refractivity contribution in [2.45, 2.75) is 30.4 Å². The minimum Gasteiger partial charge on any atom is -0.383 e. The van der Waals surface area contributed by atoms with Crippen molar-refractivity contribution in [3.05, 3.63) is 92.7 Å². The highest BCUT2D eigenvalue weighted by Gasteiger charge is 2.73. The molecule has 0 aliphatic rings. The number of alkyl halides is 13. The Balaban J connectivity index is 2.10. The van der Waals surface area contributed by atoms with Crippen LogP contribution in [0.1, 0.15) is 37.4 Å². The molecule has 48 heavy (non-hydrogen) atoms. The van der Waals surface area contributed by atoms with Gasteiger partial charge in [0.25, 0.3) is 11.8 Å². The first-order valence-electron chi connectivity index (χ1n) is 12.7. The molecule has 0 bridgehead atoms. The van der Waals surface area contributed by atoms with E-state index in [4.69, 9.17) is 4.74 Å². The number of amides is 2. The van der Waals surface area contributed by atoms with Gasteiger partial charge in [-0.1, -0.05) is 6.07 Å². The minimum atomic E-state index is -6.78. The Morgan fingerprint density at radius 2 is 1.35 bits per heavy atom. The molecule has 5 nitrogen and oxygen atoms in total. The molecule has 0 spiro atoms. The van der Waals surface area contributed by atoms with Crippen molar-refractivity contribution in [2.75, 3.05) is 30.5 Å². The number of carbonyl (C=O) groups is 2. The number of rotatable bonds is 8.